The van der Waals surface area contributed by atoms with Crippen molar-refractivity contribution in [2.75, 3.05) is 6.54 Å². The molecule has 0 spiro atoms. The van der Waals surface area contributed by atoms with Crippen LogP contribution in [0.5, 0.6) is 0 Å². The third-order valence-corrected chi connectivity index (χ3v) is 2.97. The molecule has 0 aromatic rings. The van der Waals surface area contributed by atoms with Crippen molar-refractivity contribution < 1.29 is 4.79 Å². The molecule has 0 unspecified atom stereocenters. The second-order valence-electron chi connectivity index (χ2n) is 3.56. The van der Waals surface area contributed by atoms with Crippen LogP contribution in [0.2, 0.25) is 0 Å². The number of hydrogen-bond donors (Lipinski definition) is 1. The second kappa shape index (κ2) is 3.74. The van der Waals surface area contributed by atoms with Gasteiger partial charge in [0.1, 0.15) is 0 Å². The first-order valence-corrected chi connectivity index (χ1v) is 4.50. The summed E-state index contributed by atoms with van der Waals surface area (Å²) in [4.78, 5) is 10.1. The molecule has 0 saturated heterocycles. The fourth-order valence-corrected chi connectivity index (χ4v) is 2.04. The highest BCUT2D eigenvalue weighted by Crippen LogP contribution is 2.39. The molecule has 0 radical (unpaired) electrons. The lowest BCUT2D eigenvalue weighted by Gasteiger charge is -2.26. The minimum atomic E-state index is 0.445. The van der Waals surface area contributed by atoms with Crippen LogP contribution in [-0.2, 0) is 4.79 Å². The van der Waals surface area contributed by atoms with Gasteiger partial charge in [0.15, 0.2) is 0 Å². The highest BCUT2D eigenvalue weighted by molar-refractivity contribution is 5.45. The average Bonchev–Trinajstić information content (AvgIpc) is 2.50. The number of carbonyl (C=O) groups excluding carboxylic acids is 1. The second-order valence-corrected chi connectivity index (χ2v) is 3.56. The highest BCUT2D eigenvalue weighted by atomic mass is 16.1. The van der Waals surface area contributed by atoms with Crippen LogP contribution >= 0.6 is 0 Å². The van der Waals surface area contributed by atoms with Crippen molar-refractivity contribution in [3.8, 4) is 0 Å². The van der Waals surface area contributed by atoms with Crippen LogP contribution in [0.1, 0.15) is 39.0 Å². The van der Waals surface area contributed by atoms with Crippen molar-refractivity contribution in [2.24, 2.45) is 5.41 Å². The van der Waals surface area contributed by atoms with Gasteiger partial charge in [-0.3, -0.25) is 4.79 Å². The predicted molar refractivity (Wildman–Crippen MR) is 45.3 cm³/mol. The molecule has 0 heterocycles. The summed E-state index contributed by atoms with van der Waals surface area (Å²) in [6.07, 6.45) is 7.29. The Morgan fingerprint density at radius 1 is 1.45 bits per heavy atom. The Balaban J connectivity index is 2.38. The van der Waals surface area contributed by atoms with Crippen LogP contribution < -0.4 is 5.32 Å². The molecule has 1 aliphatic carbocycles. The summed E-state index contributed by atoms with van der Waals surface area (Å²) in [6.45, 7) is 3.10. The summed E-state index contributed by atoms with van der Waals surface area (Å²) in [5.41, 5.74) is 0.445. The largest absolute Gasteiger partial charge is 0.358 e. The summed E-state index contributed by atoms with van der Waals surface area (Å²) in [5.74, 6) is 0. The normalized spacial score (nSPS) is 21.5. The molecular formula is C9H17NO. The van der Waals surface area contributed by atoms with Crippen molar-refractivity contribution >= 4 is 6.41 Å². The number of carbonyl (C=O) groups is 1. The first-order valence-electron chi connectivity index (χ1n) is 4.50. The topological polar surface area (TPSA) is 29.1 Å². The van der Waals surface area contributed by atoms with Gasteiger partial charge in [-0.1, -0.05) is 19.8 Å². The van der Waals surface area contributed by atoms with Crippen LogP contribution in [0.25, 0.3) is 0 Å². The van der Waals surface area contributed by atoms with Gasteiger partial charge in [-0.15, -0.1) is 0 Å². The highest BCUT2D eigenvalue weighted by Gasteiger charge is 2.31. The Hall–Kier alpha value is -0.530. The lowest BCUT2D eigenvalue weighted by Crippen LogP contribution is -2.30. The van der Waals surface area contributed by atoms with Crippen molar-refractivity contribution in [3.05, 3.63) is 0 Å². The fourth-order valence-electron chi connectivity index (χ4n) is 2.04. The molecule has 0 bridgehead atoms. The SMILES string of the molecule is CCC1(CNC=O)CCCC1. The van der Waals surface area contributed by atoms with E-state index in [1.165, 1.54) is 32.1 Å². The standard InChI is InChI=1S/C9H17NO/c1-2-9(7-10-8-11)5-3-4-6-9/h8H,2-7H2,1H3,(H,10,11). The maximum Gasteiger partial charge on any atom is 0.207 e. The molecule has 0 aliphatic heterocycles. The Bertz CT molecular complexity index is 128. The van der Waals surface area contributed by atoms with Crippen LogP contribution in [-0.4, -0.2) is 13.0 Å². The van der Waals surface area contributed by atoms with E-state index in [0.29, 0.717) is 5.41 Å². The lowest BCUT2D eigenvalue weighted by atomic mass is 9.83. The van der Waals surface area contributed by atoms with E-state index in [4.69, 9.17) is 0 Å². The third kappa shape index (κ3) is 1.95. The summed E-state index contributed by atoms with van der Waals surface area (Å²) in [6, 6.07) is 0. The molecule has 1 amide bonds. The molecule has 2 nitrogen and oxygen atoms in total. The van der Waals surface area contributed by atoms with E-state index < -0.39 is 0 Å². The van der Waals surface area contributed by atoms with Gasteiger partial charge in [-0.05, 0) is 24.7 Å². The Morgan fingerprint density at radius 3 is 2.55 bits per heavy atom. The zero-order chi connectivity index (χ0) is 8.16. The molecule has 0 atom stereocenters. The number of nitrogens with one attached hydrogen (secondary N) is 1. The average molecular weight is 155 g/mol. The molecular weight excluding hydrogens is 138 g/mol. The molecule has 1 N–H and O–H groups in total. The summed E-state index contributed by atoms with van der Waals surface area (Å²) < 4.78 is 0. The molecule has 0 aromatic carbocycles. The van der Waals surface area contributed by atoms with Crippen molar-refractivity contribution in [3.63, 3.8) is 0 Å². The van der Waals surface area contributed by atoms with E-state index in [-0.39, 0.29) is 0 Å². The zero-order valence-electron chi connectivity index (χ0n) is 7.23. The van der Waals surface area contributed by atoms with Gasteiger partial charge in [-0.2, -0.15) is 0 Å². The smallest absolute Gasteiger partial charge is 0.207 e. The van der Waals surface area contributed by atoms with Crippen molar-refractivity contribution in [2.45, 2.75) is 39.0 Å². The van der Waals surface area contributed by atoms with Gasteiger partial charge in [-0.25, -0.2) is 0 Å². The van der Waals surface area contributed by atoms with Gasteiger partial charge >= 0.3 is 0 Å². The van der Waals surface area contributed by atoms with Gasteiger partial charge in [0, 0.05) is 6.54 Å². The van der Waals surface area contributed by atoms with Gasteiger partial charge in [0.2, 0.25) is 6.41 Å². The van der Waals surface area contributed by atoms with Crippen LogP contribution in [0.4, 0.5) is 0 Å². The van der Waals surface area contributed by atoms with Crippen LogP contribution in [0.15, 0.2) is 0 Å². The maximum atomic E-state index is 10.1. The third-order valence-electron chi connectivity index (χ3n) is 2.97. The number of amides is 1. The summed E-state index contributed by atoms with van der Waals surface area (Å²) in [7, 11) is 0. The van der Waals surface area contributed by atoms with E-state index in [1.54, 1.807) is 0 Å². The van der Waals surface area contributed by atoms with Gasteiger partial charge in [0.25, 0.3) is 0 Å². The monoisotopic (exact) mass is 155 g/mol. The minimum Gasteiger partial charge on any atom is -0.358 e. The van der Waals surface area contributed by atoms with Crippen LogP contribution in [0.3, 0.4) is 0 Å². The van der Waals surface area contributed by atoms with Crippen LogP contribution in [0, 0.1) is 5.41 Å². The molecule has 11 heavy (non-hydrogen) atoms. The van der Waals surface area contributed by atoms with E-state index in [9.17, 15) is 4.79 Å². The Morgan fingerprint density at radius 2 is 2.09 bits per heavy atom. The Labute approximate surface area is 68.4 Å². The van der Waals surface area contributed by atoms with E-state index in [1.807, 2.05) is 0 Å². The van der Waals surface area contributed by atoms with Gasteiger partial charge in [0.05, 0.1) is 0 Å². The maximum absolute atomic E-state index is 10.1. The quantitative estimate of drug-likeness (QED) is 0.615. The Kier molecular flexibility index (Phi) is 2.92. The number of rotatable bonds is 4. The summed E-state index contributed by atoms with van der Waals surface area (Å²) >= 11 is 0. The predicted octanol–water partition coefficient (Wildman–Crippen LogP) is 1.70. The minimum absolute atomic E-state index is 0.445. The van der Waals surface area contributed by atoms with E-state index >= 15 is 0 Å². The number of hydrogen-bond acceptors (Lipinski definition) is 1. The first-order chi connectivity index (χ1) is 5.33. The van der Waals surface area contributed by atoms with Crippen molar-refractivity contribution in [1.29, 1.82) is 0 Å². The molecule has 1 aliphatic rings. The summed E-state index contributed by atoms with van der Waals surface area (Å²) in [5, 5.41) is 2.80. The van der Waals surface area contributed by atoms with Crippen molar-refractivity contribution in [1.82, 2.24) is 5.32 Å². The zero-order valence-corrected chi connectivity index (χ0v) is 7.23. The van der Waals surface area contributed by atoms with Gasteiger partial charge < -0.3 is 5.32 Å². The molecule has 0 aromatic heterocycles. The molecule has 1 rings (SSSR count). The molecule has 2 heteroatoms. The molecule has 1 saturated carbocycles. The fraction of sp³-hybridized carbons (Fsp3) is 0.889. The van der Waals surface area contributed by atoms with E-state index in [2.05, 4.69) is 12.2 Å². The van der Waals surface area contributed by atoms with E-state index in [0.717, 1.165) is 13.0 Å². The lowest BCUT2D eigenvalue weighted by molar-refractivity contribution is -0.110. The molecule has 64 valence electrons. The first kappa shape index (κ1) is 8.57. The molecule has 1 fully saturated rings.